The van der Waals surface area contributed by atoms with Gasteiger partial charge in [0.15, 0.2) is 0 Å². The molecular weight excluding hydrogens is 518 g/mol. The number of likely N-dealkylation sites (tertiary alicyclic amines) is 1. The summed E-state index contributed by atoms with van der Waals surface area (Å²) in [5.74, 6) is -1.69. The van der Waals surface area contributed by atoms with Crippen LogP contribution in [0.5, 0.6) is 5.75 Å². The van der Waals surface area contributed by atoms with Crippen LogP contribution in [0.2, 0.25) is 5.02 Å². The van der Waals surface area contributed by atoms with Crippen molar-refractivity contribution in [2.24, 2.45) is 11.8 Å². The van der Waals surface area contributed by atoms with Gasteiger partial charge in [0.05, 0.1) is 25.0 Å². The van der Waals surface area contributed by atoms with E-state index >= 15 is 0 Å². The van der Waals surface area contributed by atoms with Crippen molar-refractivity contribution in [3.8, 4) is 5.75 Å². The molecule has 2 aromatic carbocycles. The molecule has 9 heteroatoms. The van der Waals surface area contributed by atoms with Gasteiger partial charge in [0.2, 0.25) is 17.7 Å². The molecule has 1 saturated carbocycles. The van der Waals surface area contributed by atoms with Crippen molar-refractivity contribution in [1.29, 1.82) is 0 Å². The number of benzene rings is 2. The van der Waals surface area contributed by atoms with Gasteiger partial charge in [-0.15, -0.1) is 0 Å². The van der Waals surface area contributed by atoms with Crippen molar-refractivity contribution < 1.29 is 23.9 Å². The first-order valence-electron chi connectivity index (χ1n) is 13.6. The Hall–Kier alpha value is -3.36. The van der Waals surface area contributed by atoms with Gasteiger partial charge >= 0.3 is 0 Å². The summed E-state index contributed by atoms with van der Waals surface area (Å²) >= 11 is 6.11. The summed E-state index contributed by atoms with van der Waals surface area (Å²) in [4.78, 5) is 43.2. The highest BCUT2D eigenvalue weighted by molar-refractivity contribution is 6.30. The second kappa shape index (κ2) is 10.3. The van der Waals surface area contributed by atoms with E-state index in [1.54, 1.807) is 36.3 Å². The zero-order chi connectivity index (χ0) is 27.1. The van der Waals surface area contributed by atoms with Crippen molar-refractivity contribution in [3.05, 3.63) is 71.3 Å². The summed E-state index contributed by atoms with van der Waals surface area (Å²) in [6.45, 7) is 0.217. The largest absolute Gasteiger partial charge is 0.497 e. The Bertz CT molecular complexity index is 1310. The standard InChI is InChI=1S/C30H32ClN3O5/c1-38-22-12-10-18(11-13-22)17-34-26(28(36)32-20-7-3-2-4-8-20)30-15-14-23(39-30)24(25(30)29(34)37)27(35)33-21-9-5-6-19(31)16-21/h5-6,9-16,20,23-26H,2-4,7-8,17H2,1H3,(H,32,36)(H,33,35)/t23-,24-,25-,26+,30+/m1/s1. The zero-order valence-electron chi connectivity index (χ0n) is 21.8. The van der Waals surface area contributed by atoms with E-state index in [9.17, 15) is 14.4 Å². The molecule has 1 aliphatic carbocycles. The fourth-order valence-electron chi connectivity index (χ4n) is 6.68. The molecule has 0 aromatic heterocycles. The molecule has 39 heavy (non-hydrogen) atoms. The molecular formula is C30H32ClN3O5. The highest BCUT2D eigenvalue weighted by Gasteiger charge is 2.72. The van der Waals surface area contributed by atoms with E-state index in [-0.39, 0.29) is 30.3 Å². The minimum absolute atomic E-state index is 0.0733. The van der Waals surface area contributed by atoms with Gasteiger partial charge in [0.1, 0.15) is 17.4 Å². The van der Waals surface area contributed by atoms with E-state index in [4.69, 9.17) is 21.1 Å². The number of nitrogens with one attached hydrogen (secondary N) is 2. The van der Waals surface area contributed by atoms with Crippen LogP contribution in [0.25, 0.3) is 0 Å². The topological polar surface area (TPSA) is 97.0 Å². The molecule has 2 saturated heterocycles. The smallest absolute Gasteiger partial charge is 0.246 e. The van der Waals surface area contributed by atoms with Gasteiger partial charge in [0.25, 0.3) is 0 Å². The van der Waals surface area contributed by atoms with Crippen LogP contribution in [0.3, 0.4) is 0 Å². The Morgan fingerprint density at radius 1 is 1.10 bits per heavy atom. The average Bonchev–Trinajstić information content (AvgIpc) is 3.57. The molecule has 6 rings (SSSR count). The minimum atomic E-state index is -1.21. The van der Waals surface area contributed by atoms with Crippen LogP contribution in [0, 0.1) is 11.8 Å². The first-order chi connectivity index (χ1) is 18.9. The van der Waals surface area contributed by atoms with Crippen molar-refractivity contribution in [2.45, 2.75) is 62.4 Å². The number of rotatable bonds is 7. The van der Waals surface area contributed by atoms with Gasteiger partial charge in [0, 0.05) is 23.3 Å². The summed E-state index contributed by atoms with van der Waals surface area (Å²) in [6.07, 6.45) is 8.22. The quantitative estimate of drug-likeness (QED) is 0.507. The molecule has 204 valence electrons. The number of methoxy groups -OCH3 is 1. The summed E-state index contributed by atoms with van der Waals surface area (Å²) in [5.41, 5.74) is 0.193. The second-order valence-corrected chi connectivity index (χ2v) is 11.3. The third-order valence-corrected chi connectivity index (χ3v) is 8.72. The molecule has 4 aliphatic rings. The van der Waals surface area contributed by atoms with E-state index in [0.29, 0.717) is 16.5 Å². The fraction of sp³-hybridized carbons (Fsp3) is 0.433. The number of carbonyl (C=O) groups excluding carboxylic acids is 3. The maximum atomic E-state index is 14.1. The third-order valence-electron chi connectivity index (χ3n) is 8.48. The molecule has 3 fully saturated rings. The monoisotopic (exact) mass is 549 g/mol. The first kappa shape index (κ1) is 25.9. The zero-order valence-corrected chi connectivity index (χ0v) is 22.5. The Labute approximate surface area is 232 Å². The van der Waals surface area contributed by atoms with E-state index in [0.717, 1.165) is 31.2 Å². The van der Waals surface area contributed by atoms with Gasteiger partial charge in [-0.05, 0) is 48.7 Å². The summed E-state index contributed by atoms with van der Waals surface area (Å²) in [7, 11) is 1.60. The van der Waals surface area contributed by atoms with Gasteiger partial charge in [-0.2, -0.15) is 0 Å². The number of hydrogen-bond acceptors (Lipinski definition) is 5. The number of halogens is 1. The first-order valence-corrected chi connectivity index (χ1v) is 13.9. The molecule has 0 unspecified atom stereocenters. The fourth-order valence-corrected chi connectivity index (χ4v) is 6.87. The van der Waals surface area contributed by atoms with Gasteiger partial charge in [-0.25, -0.2) is 0 Å². The minimum Gasteiger partial charge on any atom is -0.497 e. The van der Waals surface area contributed by atoms with Crippen LogP contribution >= 0.6 is 11.6 Å². The van der Waals surface area contributed by atoms with Gasteiger partial charge in [-0.3, -0.25) is 14.4 Å². The number of hydrogen-bond donors (Lipinski definition) is 2. The molecule has 2 aromatic rings. The lowest BCUT2D eigenvalue weighted by molar-refractivity contribution is -0.142. The summed E-state index contributed by atoms with van der Waals surface area (Å²) in [5, 5.41) is 6.61. The van der Waals surface area contributed by atoms with Crippen molar-refractivity contribution in [2.75, 3.05) is 12.4 Å². The highest BCUT2D eigenvalue weighted by Crippen LogP contribution is 2.55. The Kier molecular flexibility index (Phi) is 6.85. The number of nitrogens with zero attached hydrogens (tertiary/aromatic N) is 1. The van der Waals surface area contributed by atoms with E-state index < -0.39 is 29.6 Å². The average molecular weight is 550 g/mol. The number of carbonyl (C=O) groups is 3. The number of ether oxygens (including phenoxy) is 2. The van der Waals surface area contributed by atoms with Crippen molar-refractivity contribution in [3.63, 3.8) is 0 Å². The number of anilines is 1. The molecule has 2 N–H and O–H groups in total. The highest BCUT2D eigenvalue weighted by atomic mass is 35.5. The van der Waals surface area contributed by atoms with Crippen LogP contribution in [0.15, 0.2) is 60.7 Å². The van der Waals surface area contributed by atoms with Crippen LogP contribution in [-0.2, 0) is 25.7 Å². The number of amides is 3. The van der Waals surface area contributed by atoms with Crippen molar-refractivity contribution >= 4 is 35.0 Å². The second-order valence-electron chi connectivity index (χ2n) is 10.9. The van der Waals surface area contributed by atoms with Crippen LogP contribution in [-0.4, -0.2) is 53.5 Å². The third kappa shape index (κ3) is 4.59. The summed E-state index contributed by atoms with van der Waals surface area (Å²) in [6, 6.07) is 13.5. The molecule has 3 aliphatic heterocycles. The lowest BCUT2D eigenvalue weighted by atomic mass is 9.74. The van der Waals surface area contributed by atoms with E-state index in [1.807, 2.05) is 36.4 Å². The number of fused-ring (bicyclic) bond motifs is 1. The molecule has 3 heterocycles. The van der Waals surface area contributed by atoms with E-state index in [2.05, 4.69) is 10.6 Å². The summed E-state index contributed by atoms with van der Waals surface area (Å²) < 4.78 is 11.7. The van der Waals surface area contributed by atoms with Gasteiger partial charge in [-0.1, -0.05) is 61.2 Å². The normalized spacial score (nSPS) is 29.4. The van der Waals surface area contributed by atoms with Crippen LogP contribution in [0.1, 0.15) is 37.7 Å². The molecule has 0 radical (unpaired) electrons. The lowest BCUT2D eigenvalue weighted by Gasteiger charge is -2.34. The maximum absolute atomic E-state index is 14.1. The Morgan fingerprint density at radius 2 is 1.87 bits per heavy atom. The Morgan fingerprint density at radius 3 is 2.59 bits per heavy atom. The van der Waals surface area contributed by atoms with Gasteiger partial charge < -0.3 is 25.0 Å². The maximum Gasteiger partial charge on any atom is 0.246 e. The molecule has 1 spiro atoms. The predicted octanol–water partition coefficient (Wildman–Crippen LogP) is 4.09. The molecule has 3 amide bonds. The molecule has 8 nitrogen and oxygen atoms in total. The predicted molar refractivity (Wildman–Crippen MR) is 146 cm³/mol. The van der Waals surface area contributed by atoms with Crippen LogP contribution in [0.4, 0.5) is 5.69 Å². The SMILES string of the molecule is COc1ccc(CN2C(=O)[C@H]3[C@H](C(=O)Nc4cccc(Cl)c4)[C@H]4C=C[C@@]3(O4)[C@@H]2C(=O)NC2CCCCC2)cc1. The molecule has 5 atom stereocenters. The Balaban J connectivity index is 1.32. The lowest BCUT2D eigenvalue weighted by Crippen LogP contribution is -2.56. The van der Waals surface area contributed by atoms with Crippen LogP contribution < -0.4 is 15.4 Å². The molecule has 2 bridgehead atoms. The van der Waals surface area contributed by atoms with E-state index in [1.165, 1.54) is 6.42 Å². The van der Waals surface area contributed by atoms with Crippen molar-refractivity contribution in [1.82, 2.24) is 10.2 Å².